The molecule has 1 aromatic carbocycles. The predicted octanol–water partition coefficient (Wildman–Crippen LogP) is 1.97. The van der Waals surface area contributed by atoms with E-state index in [4.69, 9.17) is 14.6 Å². The molecular weight excluding hydrogens is 208 g/mol. The van der Waals surface area contributed by atoms with Crippen molar-refractivity contribution in [3.63, 3.8) is 0 Å². The van der Waals surface area contributed by atoms with E-state index in [9.17, 15) is 4.79 Å². The molecule has 0 spiro atoms. The highest BCUT2D eigenvalue weighted by Gasteiger charge is 2.06. The van der Waals surface area contributed by atoms with E-state index in [1.165, 1.54) is 0 Å². The first-order valence-electron chi connectivity index (χ1n) is 5.28. The van der Waals surface area contributed by atoms with Crippen LogP contribution < -0.4 is 4.74 Å². The lowest BCUT2D eigenvalue weighted by atomic mass is 10.2. The molecule has 0 saturated carbocycles. The maximum Gasteiger partial charge on any atom is 0.338 e. The van der Waals surface area contributed by atoms with E-state index in [0.717, 1.165) is 12.8 Å². The van der Waals surface area contributed by atoms with Crippen molar-refractivity contribution >= 4 is 5.97 Å². The fraction of sp³-hybridized carbons (Fsp3) is 0.417. The Labute approximate surface area is 94.8 Å². The van der Waals surface area contributed by atoms with Crippen molar-refractivity contribution < 1.29 is 19.4 Å². The van der Waals surface area contributed by atoms with Gasteiger partial charge in [-0.25, -0.2) is 4.79 Å². The van der Waals surface area contributed by atoms with Crippen LogP contribution in [0.4, 0.5) is 0 Å². The standard InChI is InChI=1S/C12H16O4/c1-2-3-8-15-12(14)10-4-6-11(7-5-10)16-9-13/h4-7,13H,2-3,8-9H2,1H3. The first kappa shape index (κ1) is 12.5. The van der Waals surface area contributed by atoms with Crippen LogP contribution in [-0.4, -0.2) is 24.5 Å². The fourth-order valence-corrected chi connectivity index (χ4v) is 1.15. The summed E-state index contributed by atoms with van der Waals surface area (Å²) < 4.78 is 9.88. The van der Waals surface area contributed by atoms with Crippen molar-refractivity contribution in [2.45, 2.75) is 19.8 Å². The molecule has 0 aliphatic rings. The van der Waals surface area contributed by atoms with Gasteiger partial charge in [-0.2, -0.15) is 0 Å². The number of esters is 1. The summed E-state index contributed by atoms with van der Waals surface area (Å²) in [6.45, 7) is 2.11. The van der Waals surface area contributed by atoms with Crippen LogP contribution in [0.3, 0.4) is 0 Å². The predicted molar refractivity (Wildman–Crippen MR) is 59.3 cm³/mol. The van der Waals surface area contributed by atoms with E-state index in [1.807, 2.05) is 6.92 Å². The van der Waals surface area contributed by atoms with Gasteiger partial charge in [0.15, 0.2) is 6.79 Å². The highest BCUT2D eigenvalue weighted by molar-refractivity contribution is 5.89. The molecule has 0 unspecified atom stereocenters. The molecule has 0 radical (unpaired) electrons. The highest BCUT2D eigenvalue weighted by Crippen LogP contribution is 2.12. The molecule has 1 rings (SSSR count). The Kier molecular flexibility index (Phi) is 5.36. The minimum Gasteiger partial charge on any atom is -0.468 e. The van der Waals surface area contributed by atoms with Crippen LogP contribution in [0.15, 0.2) is 24.3 Å². The maximum absolute atomic E-state index is 11.5. The Morgan fingerprint density at radius 3 is 2.56 bits per heavy atom. The summed E-state index contributed by atoms with van der Waals surface area (Å²) in [5, 5.41) is 8.53. The van der Waals surface area contributed by atoms with Crippen LogP contribution >= 0.6 is 0 Å². The second-order valence-corrected chi connectivity index (χ2v) is 3.29. The minimum absolute atomic E-state index is 0.330. The molecule has 0 aliphatic carbocycles. The Hall–Kier alpha value is -1.55. The van der Waals surface area contributed by atoms with E-state index < -0.39 is 0 Å². The molecule has 0 aliphatic heterocycles. The van der Waals surface area contributed by atoms with Crippen LogP contribution in [0.2, 0.25) is 0 Å². The molecule has 0 heterocycles. The smallest absolute Gasteiger partial charge is 0.338 e. The van der Waals surface area contributed by atoms with Crippen molar-refractivity contribution in [3.8, 4) is 5.75 Å². The van der Waals surface area contributed by atoms with Crippen LogP contribution in [0.1, 0.15) is 30.1 Å². The van der Waals surface area contributed by atoms with Gasteiger partial charge in [0.05, 0.1) is 12.2 Å². The van der Waals surface area contributed by atoms with Gasteiger partial charge in [0.1, 0.15) is 5.75 Å². The lowest BCUT2D eigenvalue weighted by Gasteiger charge is -2.05. The molecular formula is C12H16O4. The maximum atomic E-state index is 11.5. The van der Waals surface area contributed by atoms with Crippen molar-refractivity contribution in [1.82, 2.24) is 0 Å². The van der Waals surface area contributed by atoms with Crippen molar-refractivity contribution in [2.24, 2.45) is 0 Å². The fourth-order valence-electron chi connectivity index (χ4n) is 1.15. The minimum atomic E-state index is -0.375. The number of ether oxygens (including phenoxy) is 2. The molecule has 88 valence electrons. The lowest BCUT2D eigenvalue weighted by molar-refractivity contribution is 0.0499. The molecule has 0 aromatic heterocycles. The largest absolute Gasteiger partial charge is 0.468 e. The topological polar surface area (TPSA) is 55.8 Å². The number of carbonyl (C=O) groups excluding carboxylic acids is 1. The zero-order chi connectivity index (χ0) is 11.8. The van der Waals surface area contributed by atoms with Gasteiger partial charge in [-0.05, 0) is 30.7 Å². The highest BCUT2D eigenvalue weighted by atomic mass is 16.6. The van der Waals surface area contributed by atoms with Crippen molar-refractivity contribution in [2.75, 3.05) is 13.4 Å². The third-order valence-corrected chi connectivity index (χ3v) is 2.05. The van der Waals surface area contributed by atoms with Gasteiger partial charge in [-0.1, -0.05) is 13.3 Å². The Balaban J connectivity index is 2.49. The average Bonchev–Trinajstić information content (AvgIpc) is 2.30. The van der Waals surface area contributed by atoms with Gasteiger partial charge in [0.25, 0.3) is 0 Å². The van der Waals surface area contributed by atoms with E-state index >= 15 is 0 Å². The summed E-state index contributed by atoms with van der Waals surface area (Å²) in [4.78, 5) is 11.5. The molecule has 1 aromatic rings. The first-order chi connectivity index (χ1) is 7.77. The Bertz CT molecular complexity index is 318. The number of unbranched alkanes of at least 4 members (excludes halogenated alkanes) is 1. The van der Waals surface area contributed by atoms with Gasteiger partial charge < -0.3 is 14.6 Å². The van der Waals surface area contributed by atoms with Gasteiger partial charge in [0, 0.05) is 0 Å². The molecule has 1 N–H and O–H groups in total. The zero-order valence-corrected chi connectivity index (χ0v) is 9.31. The molecule has 0 atom stereocenters. The normalized spacial score (nSPS) is 9.88. The first-order valence-corrected chi connectivity index (χ1v) is 5.28. The Morgan fingerprint density at radius 2 is 2.00 bits per heavy atom. The van der Waals surface area contributed by atoms with E-state index in [-0.39, 0.29) is 12.8 Å². The average molecular weight is 224 g/mol. The quantitative estimate of drug-likeness (QED) is 0.456. The van der Waals surface area contributed by atoms with Crippen LogP contribution in [0, 0.1) is 0 Å². The van der Waals surface area contributed by atoms with Gasteiger partial charge >= 0.3 is 5.97 Å². The molecule has 4 heteroatoms. The molecule has 0 fully saturated rings. The number of aliphatic hydroxyl groups is 1. The van der Waals surface area contributed by atoms with E-state index in [1.54, 1.807) is 24.3 Å². The Morgan fingerprint density at radius 1 is 1.31 bits per heavy atom. The molecule has 0 amide bonds. The summed E-state index contributed by atoms with van der Waals surface area (Å²) in [5.41, 5.74) is 0.487. The second-order valence-electron chi connectivity index (χ2n) is 3.29. The van der Waals surface area contributed by atoms with Crippen molar-refractivity contribution in [3.05, 3.63) is 29.8 Å². The summed E-state index contributed by atoms with van der Waals surface area (Å²) in [7, 11) is 0. The van der Waals surface area contributed by atoms with Crippen LogP contribution in [-0.2, 0) is 4.74 Å². The molecule has 16 heavy (non-hydrogen) atoms. The summed E-state index contributed by atoms with van der Waals surface area (Å²) >= 11 is 0. The molecule has 0 saturated heterocycles. The summed E-state index contributed by atoms with van der Waals surface area (Å²) in [6, 6.07) is 6.46. The van der Waals surface area contributed by atoms with E-state index in [0.29, 0.717) is 17.9 Å². The van der Waals surface area contributed by atoms with Gasteiger partial charge in [-0.3, -0.25) is 0 Å². The third-order valence-electron chi connectivity index (χ3n) is 2.05. The summed E-state index contributed by atoms with van der Waals surface area (Å²) in [5.74, 6) is 0.191. The second kappa shape index (κ2) is 6.85. The number of benzene rings is 1. The van der Waals surface area contributed by atoms with Gasteiger partial charge in [0.2, 0.25) is 0 Å². The lowest BCUT2D eigenvalue weighted by Crippen LogP contribution is -2.06. The number of rotatable bonds is 6. The van der Waals surface area contributed by atoms with Crippen LogP contribution in [0.5, 0.6) is 5.75 Å². The van der Waals surface area contributed by atoms with Crippen LogP contribution in [0.25, 0.3) is 0 Å². The number of hydrogen-bond donors (Lipinski definition) is 1. The third kappa shape index (κ3) is 3.90. The zero-order valence-electron chi connectivity index (χ0n) is 9.31. The van der Waals surface area contributed by atoms with Crippen molar-refractivity contribution in [1.29, 1.82) is 0 Å². The molecule has 0 bridgehead atoms. The number of aliphatic hydroxyl groups excluding tert-OH is 1. The van der Waals surface area contributed by atoms with Gasteiger partial charge in [-0.15, -0.1) is 0 Å². The number of hydrogen-bond acceptors (Lipinski definition) is 4. The SMILES string of the molecule is CCCCOC(=O)c1ccc(OCO)cc1. The monoisotopic (exact) mass is 224 g/mol. The molecule has 4 nitrogen and oxygen atoms in total. The number of carbonyl (C=O) groups is 1. The van der Waals surface area contributed by atoms with E-state index in [2.05, 4.69) is 0 Å². The summed E-state index contributed by atoms with van der Waals surface area (Å²) in [6.07, 6.45) is 1.87.